The number of nitrogens with zero attached hydrogens (tertiary/aromatic N) is 3. The van der Waals surface area contributed by atoms with Crippen LogP contribution in [0.4, 0.5) is 0 Å². The van der Waals surface area contributed by atoms with E-state index in [0.29, 0.717) is 22.8 Å². The molecular weight excluding hydrogens is 470 g/mol. The van der Waals surface area contributed by atoms with E-state index in [9.17, 15) is 4.79 Å². The quantitative estimate of drug-likeness (QED) is 0.133. The van der Waals surface area contributed by atoms with Crippen LogP contribution in [0.1, 0.15) is 49.2 Å². The normalized spacial score (nSPS) is 9.69. The lowest BCUT2D eigenvalue weighted by molar-refractivity contribution is 0.0994. The molecule has 0 aliphatic carbocycles. The molecular formula is C25H35N3O6S. The Kier molecular flexibility index (Phi) is 15.3. The Hall–Kier alpha value is -3.49. The molecule has 0 unspecified atom stereocenters. The fraction of sp³-hybridized carbons (Fsp3) is 0.400. The molecule has 0 spiro atoms. The van der Waals surface area contributed by atoms with Gasteiger partial charge >= 0.3 is 0 Å². The predicted octanol–water partition coefficient (Wildman–Crippen LogP) is 6.70. The average Bonchev–Trinajstić information content (AvgIpc) is 2.89. The standard InChI is InChI=1S/C22H25N3O6.C2H6.CH4S/c1-13(2)31-21-18(29-5)11-15(12-19(21)30-6)8-7-14-9-16(27-3)20(17(10-14)28-4)22(26)24-25-23;2*1-2/h7-13H,1-6H3;1-2H3;2H,1H3/b8-7-;;. The molecule has 2 aromatic rings. The van der Waals surface area contributed by atoms with Gasteiger partial charge in [-0.3, -0.25) is 4.79 Å². The van der Waals surface area contributed by atoms with Crippen LogP contribution in [0, 0.1) is 0 Å². The molecule has 9 nitrogen and oxygen atoms in total. The molecule has 0 radical (unpaired) electrons. The highest BCUT2D eigenvalue weighted by atomic mass is 32.1. The van der Waals surface area contributed by atoms with E-state index in [-0.39, 0.29) is 23.2 Å². The van der Waals surface area contributed by atoms with Crippen molar-refractivity contribution in [3.8, 4) is 28.7 Å². The fourth-order valence-electron chi connectivity index (χ4n) is 2.87. The van der Waals surface area contributed by atoms with Gasteiger partial charge in [0.05, 0.1) is 34.5 Å². The van der Waals surface area contributed by atoms with Crippen molar-refractivity contribution in [2.75, 3.05) is 34.7 Å². The van der Waals surface area contributed by atoms with Gasteiger partial charge in [0.25, 0.3) is 5.91 Å². The zero-order valence-electron chi connectivity index (χ0n) is 21.8. The molecule has 1 amide bonds. The second-order valence-corrected chi connectivity index (χ2v) is 6.55. The van der Waals surface area contributed by atoms with Gasteiger partial charge in [-0.1, -0.05) is 26.0 Å². The smallest absolute Gasteiger partial charge is 0.256 e. The zero-order valence-corrected chi connectivity index (χ0v) is 22.7. The summed E-state index contributed by atoms with van der Waals surface area (Å²) >= 11 is 3.53. The molecule has 10 heteroatoms. The lowest BCUT2D eigenvalue weighted by Gasteiger charge is -2.17. The van der Waals surface area contributed by atoms with Gasteiger partial charge in [-0.05, 0) is 66.1 Å². The Morgan fingerprint density at radius 2 is 1.23 bits per heavy atom. The Morgan fingerprint density at radius 3 is 1.54 bits per heavy atom. The SMILES string of the molecule is CC.COc1cc(/C=C\c2cc(OC)c(C(=O)N=[N+]=[N-])c(OC)c2)cc(OC)c1OC(C)C.CS. The van der Waals surface area contributed by atoms with Gasteiger partial charge < -0.3 is 23.7 Å². The van der Waals surface area contributed by atoms with Crippen LogP contribution in [0.5, 0.6) is 28.7 Å². The number of amides is 1. The van der Waals surface area contributed by atoms with Gasteiger partial charge in [-0.15, -0.1) is 0 Å². The third-order valence-electron chi connectivity index (χ3n) is 4.18. The summed E-state index contributed by atoms with van der Waals surface area (Å²) in [5.41, 5.74) is 10.1. The van der Waals surface area contributed by atoms with Crippen LogP contribution in [0.3, 0.4) is 0 Å². The number of azide groups is 1. The van der Waals surface area contributed by atoms with E-state index >= 15 is 0 Å². The van der Waals surface area contributed by atoms with Crippen LogP contribution in [0.15, 0.2) is 29.4 Å². The molecule has 0 heterocycles. The number of rotatable bonds is 9. The molecule has 2 aromatic carbocycles. The van der Waals surface area contributed by atoms with E-state index in [0.717, 1.165) is 5.56 Å². The molecule has 2 rings (SSSR count). The maximum atomic E-state index is 12.1. The van der Waals surface area contributed by atoms with Crippen molar-refractivity contribution >= 4 is 30.7 Å². The van der Waals surface area contributed by atoms with Crippen molar-refractivity contribution < 1.29 is 28.5 Å². The van der Waals surface area contributed by atoms with Crippen LogP contribution in [0.2, 0.25) is 0 Å². The highest BCUT2D eigenvalue weighted by Gasteiger charge is 2.19. The van der Waals surface area contributed by atoms with Crippen molar-refractivity contribution in [3.63, 3.8) is 0 Å². The number of thiol groups is 1. The molecule has 35 heavy (non-hydrogen) atoms. The Labute approximate surface area is 213 Å². The number of ether oxygens (including phenoxy) is 5. The third kappa shape index (κ3) is 8.99. The molecule has 0 atom stereocenters. The van der Waals surface area contributed by atoms with E-state index in [1.54, 1.807) is 32.6 Å². The van der Waals surface area contributed by atoms with Gasteiger partial charge in [0.1, 0.15) is 17.1 Å². The molecule has 192 valence electrons. The van der Waals surface area contributed by atoms with Crippen molar-refractivity contribution in [3.05, 3.63) is 51.4 Å². The second-order valence-electron chi connectivity index (χ2n) is 6.55. The molecule has 0 bridgehead atoms. The number of benzene rings is 2. The Bertz CT molecular complexity index is 984. The lowest BCUT2D eigenvalue weighted by Crippen LogP contribution is -2.08. The Balaban J connectivity index is 0.00000274. The molecule has 0 saturated carbocycles. The third-order valence-corrected chi connectivity index (χ3v) is 4.18. The summed E-state index contributed by atoms with van der Waals surface area (Å²) in [4.78, 5) is 14.6. The van der Waals surface area contributed by atoms with Crippen molar-refractivity contribution in [1.29, 1.82) is 0 Å². The summed E-state index contributed by atoms with van der Waals surface area (Å²) in [7, 11) is 5.95. The summed E-state index contributed by atoms with van der Waals surface area (Å²) in [5.74, 6) is 1.28. The highest BCUT2D eigenvalue weighted by molar-refractivity contribution is 7.79. The molecule has 0 aliphatic rings. The van der Waals surface area contributed by atoms with Crippen molar-refractivity contribution in [2.24, 2.45) is 5.11 Å². The van der Waals surface area contributed by atoms with Crippen LogP contribution in [-0.2, 0) is 0 Å². The second kappa shape index (κ2) is 17.0. The van der Waals surface area contributed by atoms with Gasteiger partial charge in [0, 0.05) is 4.91 Å². The molecule has 0 N–H and O–H groups in total. The van der Waals surface area contributed by atoms with Gasteiger partial charge in [0.2, 0.25) is 5.75 Å². The molecule has 0 aliphatic heterocycles. The topological polar surface area (TPSA) is 112 Å². The van der Waals surface area contributed by atoms with E-state index in [1.807, 2.05) is 52.0 Å². The first-order valence-electron chi connectivity index (χ1n) is 10.8. The van der Waals surface area contributed by atoms with Gasteiger partial charge in [-0.25, -0.2) is 0 Å². The minimum atomic E-state index is -0.790. The molecule has 0 fully saturated rings. The van der Waals surface area contributed by atoms with Crippen LogP contribution in [0.25, 0.3) is 22.6 Å². The molecule has 0 aromatic heterocycles. The minimum absolute atomic E-state index is 0.0456. The first-order chi connectivity index (χ1) is 16.9. The van der Waals surface area contributed by atoms with E-state index < -0.39 is 5.91 Å². The Morgan fingerprint density at radius 1 is 0.857 bits per heavy atom. The summed E-state index contributed by atoms with van der Waals surface area (Å²) in [5, 5.41) is 3.13. The maximum Gasteiger partial charge on any atom is 0.256 e. The maximum absolute atomic E-state index is 12.1. The molecule has 0 saturated heterocycles. The van der Waals surface area contributed by atoms with Crippen LogP contribution < -0.4 is 23.7 Å². The summed E-state index contributed by atoms with van der Waals surface area (Å²) < 4.78 is 27.3. The first-order valence-corrected chi connectivity index (χ1v) is 11.7. The summed E-state index contributed by atoms with van der Waals surface area (Å²) in [6.07, 6.45) is 5.30. The number of carbonyl (C=O) groups is 1. The summed E-state index contributed by atoms with van der Waals surface area (Å²) in [6, 6.07) is 6.93. The van der Waals surface area contributed by atoms with Crippen LogP contribution >= 0.6 is 12.6 Å². The lowest BCUT2D eigenvalue weighted by atomic mass is 10.1. The van der Waals surface area contributed by atoms with Gasteiger partial charge in [-0.2, -0.15) is 12.6 Å². The van der Waals surface area contributed by atoms with E-state index in [1.165, 1.54) is 14.2 Å². The number of hydrogen-bond donors (Lipinski definition) is 1. The predicted molar refractivity (Wildman–Crippen MR) is 144 cm³/mol. The average molecular weight is 506 g/mol. The number of methoxy groups -OCH3 is 4. The fourth-order valence-corrected chi connectivity index (χ4v) is 2.87. The summed E-state index contributed by atoms with van der Waals surface area (Å²) in [6.45, 7) is 7.84. The van der Waals surface area contributed by atoms with E-state index in [2.05, 4.69) is 22.7 Å². The van der Waals surface area contributed by atoms with Crippen molar-refractivity contribution in [1.82, 2.24) is 0 Å². The van der Waals surface area contributed by atoms with Crippen LogP contribution in [-0.4, -0.2) is 46.7 Å². The van der Waals surface area contributed by atoms with E-state index in [4.69, 9.17) is 29.2 Å². The zero-order chi connectivity index (χ0) is 27.0. The first kappa shape index (κ1) is 31.5. The minimum Gasteiger partial charge on any atom is -0.496 e. The van der Waals surface area contributed by atoms with Gasteiger partial charge in [0.15, 0.2) is 11.5 Å². The number of carbonyl (C=O) groups excluding carboxylic acids is 1. The monoisotopic (exact) mass is 505 g/mol. The highest BCUT2D eigenvalue weighted by Crippen LogP contribution is 2.40. The van der Waals surface area contributed by atoms with Crippen molar-refractivity contribution in [2.45, 2.75) is 33.8 Å². The number of hydrogen-bond acceptors (Lipinski definition) is 7. The largest absolute Gasteiger partial charge is 0.496 e.